The number of benzene rings is 1. The van der Waals surface area contributed by atoms with E-state index in [4.69, 9.17) is 16.3 Å². The van der Waals surface area contributed by atoms with E-state index in [9.17, 15) is 4.79 Å². The summed E-state index contributed by atoms with van der Waals surface area (Å²) < 4.78 is 6.23. The fourth-order valence-electron chi connectivity index (χ4n) is 1.43. The number of nitrogens with one attached hydrogen (secondary N) is 1. The number of aromatic nitrogens is 4. The van der Waals surface area contributed by atoms with E-state index in [1.807, 2.05) is 6.92 Å². The van der Waals surface area contributed by atoms with E-state index >= 15 is 0 Å². The fraction of sp³-hybridized carbons (Fsp3) is 0.222. The molecule has 0 fully saturated rings. The van der Waals surface area contributed by atoms with E-state index in [1.165, 1.54) is 7.11 Å². The summed E-state index contributed by atoms with van der Waals surface area (Å²) in [6.45, 7) is 1.86. The number of hydrogen-bond acceptors (Lipinski definition) is 4. The van der Waals surface area contributed by atoms with Gasteiger partial charge in [0.05, 0.1) is 12.1 Å². The Hall–Kier alpha value is -1.82. The van der Waals surface area contributed by atoms with Crippen LogP contribution in [-0.4, -0.2) is 27.3 Å². The summed E-state index contributed by atoms with van der Waals surface area (Å²) in [6, 6.07) is 3.49. The van der Waals surface area contributed by atoms with Gasteiger partial charge in [-0.1, -0.05) is 11.6 Å². The smallest absolute Gasteiger partial charge is 0.365 e. The molecule has 2 aromatic rings. The molecule has 0 bridgehead atoms. The summed E-state index contributed by atoms with van der Waals surface area (Å²) in [5, 5.41) is 9.68. The van der Waals surface area contributed by atoms with Crippen molar-refractivity contribution in [1.82, 2.24) is 20.2 Å². The molecule has 0 aliphatic carbocycles. The van der Waals surface area contributed by atoms with Crippen molar-refractivity contribution in [2.45, 2.75) is 6.92 Å². The van der Waals surface area contributed by atoms with Crippen molar-refractivity contribution in [3.63, 3.8) is 0 Å². The Morgan fingerprint density at radius 2 is 2.25 bits per heavy atom. The summed E-state index contributed by atoms with van der Waals surface area (Å²) >= 11 is 6.01. The van der Waals surface area contributed by atoms with Crippen molar-refractivity contribution in [3.8, 4) is 11.4 Å². The maximum absolute atomic E-state index is 11.4. The van der Waals surface area contributed by atoms with Crippen molar-refractivity contribution < 1.29 is 4.74 Å². The molecule has 0 radical (unpaired) electrons. The number of aryl methyl sites for hydroxylation is 1. The Morgan fingerprint density at radius 1 is 1.50 bits per heavy atom. The third-order valence-electron chi connectivity index (χ3n) is 2.07. The number of H-pyrrole nitrogens is 1. The highest BCUT2D eigenvalue weighted by molar-refractivity contribution is 6.32. The van der Waals surface area contributed by atoms with Gasteiger partial charge in [-0.25, -0.2) is 9.89 Å². The second-order valence-corrected chi connectivity index (χ2v) is 3.62. The van der Waals surface area contributed by atoms with Gasteiger partial charge in [-0.05, 0) is 35.0 Å². The Kier molecular flexibility index (Phi) is 2.66. The van der Waals surface area contributed by atoms with Crippen molar-refractivity contribution in [1.29, 1.82) is 0 Å². The van der Waals surface area contributed by atoms with Crippen LogP contribution in [-0.2, 0) is 0 Å². The largest absolute Gasteiger partial charge is 0.493 e. The average Bonchev–Trinajstić information content (AvgIpc) is 2.63. The predicted molar refractivity (Wildman–Crippen MR) is 58.3 cm³/mol. The summed E-state index contributed by atoms with van der Waals surface area (Å²) in [6.07, 6.45) is 0. The van der Waals surface area contributed by atoms with Crippen LogP contribution in [0.4, 0.5) is 0 Å². The van der Waals surface area contributed by atoms with Gasteiger partial charge in [0.15, 0.2) is 5.75 Å². The highest BCUT2D eigenvalue weighted by Gasteiger charge is 2.13. The topological polar surface area (TPSA) is 72.8 Å². The van der Waals surface area contributed by atoms with Crippen LogP contribution in [0.2, 0.25) is 5.02 Å². The molecule has 1 aromatic heterocycles. The molecule has 84 valence electrons. The third-order valence-corrected chi connectivity index (χ3v) is 2.35. The molecule has 6 nitrogen and oxygen atoms in total. The maximum atomic E-state index is 11.4. The first-order chi connectivity index (χ1) is 7.63. The third kappa shape index (κ3) is 1.67. The number of aromatic amines is 1. The van der Waals surface area contributed by atoms with Crippen LogP contribution >= 0.6 is 11.6 Å². The Labute approximate surface area is 95.8 Å². The lowest BCUT2D eigenvalue weighted by Crippen LogP contribution is -2.17. The Balaban J connectivity index is 2.73. The molecular formula is C9H9ClN4O2. The zero-order valence-corrected chi connectivity index (χ0v) is 9.45. The SMILES string of the molecule is COc1c(Cl)cc(C)cc1-n1nn[nH]c1=O. The van der Waals surface area contributed by atoms with Crippen LogP contribution in [0.1, 0.15) is 5.56 Å². The van der Waals surface area contributed by atoms with Gasteiger partial charge < -0.3 is 4.74 Å². The highest BCUT2D eigenvalue weighted by Crippen LogP contribution is 2.31. The van der Waals surface area contributed by atoms with E-state index in [0.717, 1.165) is 10.2 Å². The maximum Gasteiger partial charge on any atom is 0.365 e. The minimum Gasteiger partial charge on any atom is -0.493 e. The number of hydrogen-bond donors (Lipinski definition) is 1. The summed E-state index contributed by atoms with van der Waals surface area (Å²) in [4.78, 5) is 11.4. The number of halogens is 1. The molecule has 0 spiro atoms. The molecule has 1 heterocycles. The first-order valence-electron chi connectivity index (χ1n) is 4.48. The number of nitrogens with zero attached hydrogens (tertiary/aromatic N) is 3. The lowest BCUT2D eigenvalue weighted by atomic mass is 10.2. The minimum atomic E-state index is -0.444. The molecule has 0 amide bonds. The van der Waals surface area contributed by atoms with E-state index in [-0.39, 0.29) is 0 Å². The lowest BCUT2D eigenvalue weighted by Gasteiger charge is -2.09. The molecule has 2 rings (SSSR count). The standard InChI is InChI=1S/C9H9ClN4O2/c1-5-3-6(10)8(16-2)7(4-5)14-9(15)11-12-13-14/h3-4H,1-2H3,(H,11,13,15). The molecule has 0 saturated carbocycles. The molecule has 16 heavy (non-hydrogen) atoms. The van der Waals surface area contributed by atoms with Crippen molar-refractivity contribution in [2.75, 3.05) is 7.11 Å². The molecule has 0 aliphatic heterocycles. The van der Waals surface area contributed by atoms with Gasteiger partial charge in [0.2, 0.25) is 0 Å². The Morgan fingerprint density at radius 3 is 2.81 bits per heavy atom. The molecule has 0 atom stereocenters. The molecule has 1 N–H and O–H groups in total. The zero-order valence-electron chi connectivity index (χ0n) is 8.69. The second kappa shape index (κ2) is 3.97. The van der Waals surface area contributed by atoms with Gasteiger partial charge in [0.1, 0.15) is 5.69 Å². The number of methoxy groups -OCH3 is 1. The monoisotopic (exact) mass is 240 g/mol. The molecule has 7 heteroatoms. The molecular weight excluding hydrogens is 232 g/mol. The average molecular weight is 241 g/mol. The van der Waals surface area contributed by atoms with E-state index in [1.54, 1.807) is 12.1 Å². The lowest BCUT2D eigenvalue weighted by molar-refractivity contribution is 0.411. The van der Waals surface area contributed by atoms with E-state index in [0.29, 0.717) is 16.5 Å². The highest BCUT2D eigenvalue weighted by atomic mass is 35.5. The van der Waals surface area contributed by atoms with Crippen molar-refractivity contribution in [2.24, 2.45) is 0 Å². The number of tetrazole rings is 1. The van der Waals surface area contributed by atoms with Gasteiger partial charge in [0.25, 0.3) is 0 Å². The van der Waals surface area contributed by atoms with Crippen LogP contribution in [0.3, 0.4) is 0 Å². The van der Waals surface area contributed by atoms with Gasteiger partial charge in [-0.15, -0.1) is 0 Å². The van der Waals surface area contributed by atoms with Crippen LogP contribution in [0.15, 0.2) is 16.9 Å². The van der Waals surface area contributed by atoms with Crippen molar-refractivity contribution in [3.05, 3.63) is 33.2 Å². The molecule has 1 aromatic carbocycles. The molecule has 0 saturated heterocycles. The quantitative estimate of drug-likeness (QED) is 0.848. The fourth-order valence-corrected chi connectivity index (χ4v) is 1.77. The minimum absolute atomic E-state index is 0.392. The summed E-state index contributed by atoms with van der Waals surface area (Å²) in [5.74, 6) is 0.392. The first kappa shape index (κ1) is 10.7. The second-order valence-electron chi connectivity index (χ2n) is 3.22. The molecule has 0 aliphatic rings. The van der Waals surface area contributed by atoms with Gasteiger partial charge in [-0.2, -0.15) is 4.68 Å². The van der Waals surface area contributed by atoms with Crippen LogP contribution in [0.5, 0.6) is 5.75 Å². The number of ether oxygens (including phenoxy) is 1. The number of rotatable bonds is 2. The van der Waals surface area contributed by atoms with Crippen LogP contribution < -0.4 is 10.4 Å². The Bertz CT molecular complexity index is 575. The van der Waals surface area contributed by atoms with Crippen molar-refractivity contribution >= 4 is 11.6 Å². The molecule has 0 unspecified atom stereocenters. The first-order valence-corrected chi connectivity index (χ1v) is 4.86. The van der Waals surface area contributed by atoms with Crippen LogP contribution in [0, 0.1) is 6.92 Å². The van der Waals surface area contributed by atoms with Gasteiger partial charge in [0, 0.05) is 0 Å². The van der Waals surface area contributed by atoms with Gasteiger partial charge >= 0.3 is 5.69 Å². The van der Waals surface area contributed by atoms with E-state index in [2.05, 4.69) is 15.5 Å². The zero-order chi connectivity index (χ0) is 11.7. The van der Waals surface area contributed by atoms with Crippen LogP contribution in [0.25, 0.3) is 5.69 Å². The summed E-state index contributed by atoms with van der Waals surface area (Å²) in [7, 11) is 1.48. The predicted octanol–water partition coefficient (Wildman–Crippen LogP) is 0.926. The van der Waals surface area contributed by atoms with Gasteiger partial charge in [-0.3, -0.25) is 0 Å². The summed E-state index contributed by atoms with van der Waals surface area (Å²) in [5.41, 5.74) is 0.918. The normalized spacial score (nSPS) is 10.4. The van der Waals surface area contributed by atoms with E-state index < -0.39 is 5.69 Å².